The Hall–Kier alpha value is -3.22. The van der Waals surface area contributed by atoms with Gasteiger partial charge >= 0.3 is 0 Å². The number of hydrogen-bond acceptors (Lipinski definition) is 7. The molecule has 0 saturated carbocycles. The molecule has 7 nitrogen and oxygen atoms in total. The van der Waals surface area contributed by atoms with Gasteiger partial charge in [-0.1, -0.05) is 36.4 Å². The zero-order valence-corrected chi connectivity index (χ0v) is 18.3. The summed E-state index contributed by atoms with van der Waals surface area (Å²) in [4.78, 5) is 14.0. The fourth-order valence-electron chi connectivity index (χ4n) is 3.87. The largest absolute Gasteiger partial charge is 0.463 e. The molecule has 0 unspecified atom stereocenters. The molecular formula is C24H31N5O2. The first-order valence-corrected chi connectivity index (χ1v) is 11.0. The lowest BCUT2D eigenvalue weighted by Gasteiger charge is -2.24. The van der Waals surface area contributed by atoms with Crippen molar-refractivity contribution in [2.24, 2.45) is 9.98 Å². The van der Waals surface area contributed by atoms with Crippen molar-refractivity contribution in [1.29, 1.82) is 0 Å². The second-order valence-corrected chi connectivity index (χ2v) is 7.67. The van der Waals surface area contributed by atoms with E-state index in [1.54, 1.807) is 0 Å². The third-order valence-electron chi connectivity index (χ3n) is 5.51. The second kappa shape index (κ2) is 10.2. The van der Waals surface area contributed by atoms with Crippen LogP contribution in [-0.4, -0.2) is 63.5 Å². The average molecular weight is 422 g/mol. The van der Waals surface area contributed by atoms with Crippen LogP contribution in [0.1, 0.15) is 13.8 Å². The van der Waals surface area contributed by atoms with E-state index in [1.165, 1.54) is 11.4 Å². The summed E-state index contributed by atoms with van der Waals surface area (Å²) < 4.78 is 11.5. The van der Waals surface area contributed by atoms with E-state index in [0.29, 0.717) is 25.3 Å². The van der Waals surface area contributed by atoms with E-state index in [2.05, 4.69) is 87.5 Å². The monoisotopic (exact) mass is 421 g/mol. The van der Waals surface area contributed by atoms with Crippen molar-refractivity contribution in [1.82, 2.24) is 5.32 Å². The maximum absolute atomic E-state index is 5.76. The molecule has 2 aromatic carbocycles. The molecule has 0 bridgehead atoms. The number of anilines is 2. The lowest BCUT2D eigenvalue weighted by molar-refractivity contribution is 0.292. The molecule has 0 radical (unpaired) electrons. The van der Waals surface area contributed by atoms with Gasteiger partial charge in [0.1, 0.15) is 25.3 Å². The summed E-state index contributed by atoms with van der Waals surface area (Å²) >= 11 is 0. The molecule has 2 aliphatic heterocycles. The number of benzene rings is 2. The molecule has 0 fully saturated rings. The van der Waals surface area contributed by atoms with Crippen LogP contribution in [0.15, 0.2) is 70.6 Å². The van der Waals surface area contributed by atoms with Crippen molar-refractivity contribution >= 4 is 23.4 Å². The molecule has 7 heteroatoms. The van der Waals surface area contributed by atoms with Crippen molar-refractivity contribution in [2.45, 2.75) is 25.9 Å². The number of rotatable bonds is 8. The van der Waals surface area contributed by atoms with E-state index in [4.69, 9.17) is 9.47 Å². The molecule has 4 rings (SSSR count). The van der Waals surface area contributed by atoms with Gasteiger partial charge < -0.3 is 19.3 Å². The highest BCUT2D eigenvalue weighted by molar-refractivity contribution is 5.94. The Kier molecular flexibility index (Phi) is 6.92. The predicted molar refractivity (Wildman–Crippen MR) is 126 cm³/mol. The highest BCUT2D eigenvalue weighted by Gasteiger charge is 2.26. The maximum Gasteiger partial charge on any atom is 0.293 e. The van der Waals surface area contributed by atoms with Gasteiger partial charge in [0, 0.05) is 37.6 Å². The molecule has 0 aliphatic carbocycles. The molecule has 0 amide bonds. The van der Waals surface area contributed by atoms with Gasteiger partial charge in [-0.15, -0.1) is 0 Å². The number of aliphatic imine (C=N–C) groups is 2. The standard InChI is InChI=1S/C24H31N5O2/c1-3-28(21-11-7-5-8-12-21)15-19-17-30-23(25-19)27-24-26-20(18-31-24)16-29(4-2)22-13-9-6-10-14-22/h5-14,19-20H,3-4,15-18H2,1-2H3,(H,25,26,27)/t19-,20-/m0/s1. The first-order chi connectivity index (χ1) is 15.2. The Morgan fingerprint density at radius 3 is 1.55 bits per heavy atom. The lowest BCUT2D eigenvalue weighted by Crippen LogP contribution is -2.32. The van der Waals surface area contributed by atoms with E-state index in [9.17, 15) is 0 Å². The summed E-state index contributed by atoms with van der Waals surface area (Å²) in [6, 6.07) is 21.9. The zero-order valence-electron chi connectivity index (χ0n) is 18.3. The summed E-state index contributed by atoms with van der Waals surface area (Å²) in [5.41, 5.74) is 2.40. The van der Waals surface area contributed by atoms with Crippen LogP contribution in [0.2, 0.25) is 0 Å². The predicted octanol–water partition coefficient (Wildman–Crippen LogP) is 3.14. The quantitative estimate of drug-likeness (QED) is 0.710. The topological polar surface area (TPSA) is 61.7 Å². The summed E-state index contributed by atoms with van der Waals surface area (Å²) in [7, 11) is 0. The number of amidine groups is 2. The smallest absolute Gasteiger partial charge is 0.293 e. The van der Waals surface area contributed by atoms with Gasteiger partial charge in [0.25, 0.3) is 12.0 Å². The lowest BCUT2D eigenvalue weighted by atomic mass is 10.2. The molecule has 0 spiro atoms. The molecule has 0 saturated heterocycles. The Labute approximate surface area is 184 Å². The van der Waals surface area contributed by atoms with Crippen LogP contribution in [-0.2, 0) is 9.47 Å². The van der Waals surface area contributed by atoms with Gasteiger partial charge in [-0.3, -0.25) is 5.32 Å². The van der Waals surface area contributed by atoms with Gasteiger partial charge in [0.15, 0.2) is 0 Å². The SMILES string of the molecule is CCN(C[C@H]1COC(NC2=N[C@@H](CN(CC)c3ccccc3)CO2)=N1)c1ccccc1. The summed E-state index contributed by atoms with van der Waals surface area (Å²) in [5.74, 6) is 0. The third kappa shape index (κ3) is 5.48. The molecule has 164 valence electrons. The summed E-state index contributed by atoms with van der Waals surface area (Å²) in [6.07, 6.45) is 0. The zero-order chi connectivity index (χ0) is 21.5. The minimum atomic E-state index is 0.0779. The van der Waals surface area contributed by atoms with Gasteiger partial charge in [-0.25, -0.2) is 9.98 Å². The third-order valence-corrected chi connectivity index (χ3v) is 5.51. The second-order valence-electron chi connectivity index (χ2n) is 7.67. The van der Waals surface area contributed by atoms with Gasteiger partial charge in [-0.05, 0) is 38.1 Å². The Bertz CT molecular complexity index is 814. The molecule has 2 aromatic rings. The number of likely N-dealkylation sites (N-methyl/N-ethyl adjacent to an activating group) is 2. The first-order valence-electron chi connectivity index (χ1n) is 11.0. The highest BCUT2D eigenvalue weighted by atomic mass is 16.5. The first kappa shape index (κ1) is 21.0. The molecule has 2 atom stereocenters. The normalized spacial score (nSPS) is 19.8. The van der Waals surface area contributed by atoms with Gasteiger partial charge in [0.05, 0.1) is 0 Å². The summed E-state index contributed by atoms with van der Waals surface area (Å²) in [5, 5.41) is 3.12. The van der Waals surface area contributed by atoms with Crippen LogP contribution in [0.25, 0.3) is 0 Å². The fraction of sp³-hybridized carbons (Fsp3) is 0.417. The van der Waals surface area contributed by atoms with Crippen LogP contribution < -0.4 is 15.1 Å². The molecule has 31 heavy (non-hydrogen) atoms. The van der Waals surface area contributed by atoms with Crippen molar-refractivity contribution in [3.8, 4) is 0 Å². The van der Waals surface area contributed by atoms with Crippen LogP contribution in [0.4, 0.5) is 11.4 Å². The summed E-state index contributed by atoms with van der Waals surface area (Å²) in [6.45, 7) is 8.88. The number of nitrogens with one attached hydrogen (secondary N) is 1. The Morgan fingerprint density at radius 1 is 0.742 bits per heavy atom. The van der Waals surface area contributed by atoms with Gasteiger partial charge in [-0.2, -0.15) is 0 Å². The molecular weight excluding hydrogens is 390 g/mol. The average Bonchev–Trinajstić information content (AvgIpc) is 3.46. The van der Waals surface area contributed by atoms with Gasteiger partial charge in [0.2, 0.25) is 0 Å². The Morgan fingerprint density at radius 2 is 1.16 bits per heavy atom. The van der Waals surface area contributed by atoms with E-state index >= 15 is 0 Å². The van der Waals surface area contributed by atoms with E-state index < -0.39 is 0 Å². The van der Waals surface area contributed by atoms with Crippen molar-refractivity contribution in [2.75, 3.05) is 49.2 Å². The van der Waals surface area contributed by atoms with Crippen LogP contribution in [0, 0.1) is 0 Å². The van der Waals surface area contributed by atoms with E-state index in [0.717, 1.165) is 26.2 Å². The van der Waals surface area contributed by atoms with Crippen molar-refractivity contribution in [3.63, 3.8) is 0 Å². The van der Waals surface area contributed by atoms with Crippen LogP contribution in [0.5, 0.6) is 0 Å². The van der Waals surface area contributed by atoms with Crippen molar-refractivity contribution in [3.05, 3.63) is 60.7 Å². The number of nitrogens with zero attached hydrogens (tertiary/aromatic N) is 4. The minimum absolute atomic E-state index is 0.0779. The molecule has 0 aromatic heterocycles. The molecule has 2 aliphatic rings. The van der Waals surface area contributed by atoms with E-state index in [1.807, 2.05) is 12.1 Å². The molecule has 2 heterocycles. The van der Waals surface area contributed by atoms with Crippen LogP contribution >= 0.6 is 0 Å². The van der Waals surface area contributed by atoms with Crippen molar-refractivity contribution < 1.29 is 9.47 Å². The maximum atomic E-state index is 5.76. The van der Waals surface area contributed by atoms with Crippen LogP contribution in [0.3, 0.4) is 0 Å². The number of hydrogen-bond donors (Lipinski definition) is 1. The van der Waals surface area contributed by atoms with E-state index in [-0.39, 0.29) is 12.1 Å². The fourth-order valence-corrected chi connectivity index (χ4v) is 3.87. The highest BCUT2D eigenvalue weighted by Crippen LogP contribution is 2.17. The minimum Gasteiger partial charge on any atom is -0.463 e. The Balaban J connectivity index is 1.31. The number of para-hydroxylation sites is 2. The molecule has 1 N–H and O–H groups in total. The number of ether oxygens (including phenoxy) is 2.